The van der Waals surface area contributed by atoms with E-state index in [1.807, 2.05) is 24.3 Å². The maximum atomic E-state index is 12.9. The van der Waals surface area contributed by atoms with Crippen molar-refractivity contribution < 1.29 is 18.8 Å². The Labute approximate surface area is 181 Å². The smallest absolute Gasteiger partial charge is 0.327 e. The number of benzene rings is 2. The molecule has 4 rings (SSSR count). The third-order valence-electron chi connectivity index (χ3n) is 5.96. The average molecular weight is 423 g/mol. The van der Waals surface area contributed by atoms with Crippen molar-refractivity contribution in [2.45, 2.75) is 51.2 Å². The minimum Gasteiger partial charge on any atom is -0.352 e. The van der Waals surface area contributed by atoms with E-state index in [2.05, 4.69) is 5.32 Å². The van der Waals surface area contributed by atoms with Crippen LogP contribution in [0.4, 0.5) is 9.18 Å². The lowest BCUT2D eigenvalue weighted by Gasteiger charge is -2.28. The fraction of sp³-hybridized carbons (Fsp3) is 0.375. The van der Waals surface area contributed by atoms with Crippen molar-refractivity contribution in [1.82, 2.24) is 15.1 Å². The molecule has 0 radical (unpaired) electrons. The number of hydrogen-bond acceptors (Lipinski definition) is 3. The number of nitrogens with one attached hydrogen (secondary N) is 1. The Kier molecular flexibility index (Phi) is 6.30. The van der Waals surface area contributed by atoms with E-state index in [0.717, 1.165) is 23.1 Å². The Morgan fingerprint density at radius 1 is 1.00 bits per heavy atom. The van der Waals surface area contributed by atoms with E-state index in [1.54, 1.807) is 17.0 Å². The van der Waals surface area contributed by atoms with E-state index >= 15 is 0 Å². The van der Waals surface area contributed by atoms with Gasteiger partial charge in [0.05, 0.1) is 0 Å². The van der Waals surface area contributed by atoms with Gasteiger partial charge in [-0.25, -0.2) is 9.18 Å². The van der Waals surface area contributed by atoms with Crippen LogP contribution in [0, 0.1) is 5.82 Å². The maximum Gasteiger partial charge on any atom is 0.327 e. The molecule has 0 aromatic heterocycles. The van der Waals surface area contributed by atoms with Crippen LogP contribution in [0.1, 0.15) is 42.4 Å². The lowest BCUT2D eigenvalue weighted by atomic mass is 9.95. The molecule has 2 aliphatic rings. The van der Waals surface area contributed by atoms with Crippen LogP contribution in [0.15, 0.2) is 48.5 Å². The number of urea groups is 1. The fourth-order valence-corrected chi connectivity index (χ4v) is 4.20. The van der Waals surface area contributed by atoms with Crippen LogP contribution in [0.3, 0.4) is 0 Å². The van der Waals surface area contributed by atoms with Gasteiger partial charge in [-0.2, -0.15) is 0 Å². The van der Waals surface area contributed by atoms with Crippen molar-refractivity contribution in [3.05, 3.63) is 71.0 Å². The summed E-state index contributed by atoms with van der Waals surface area (Å²) in [5.74, 6) is -0.477. The van der Waals surface area contributed by atoms with Gasteiger partial charge in [0.25, 0.3) is 5.91 Å². The van der Waals surface area contributed by atoms with E-state index in [9.17, 15) is 18.8 Å². The Morgan fingerprint density at radius 2 is 1.74 bits per heavy atom. The SMILES string of the molecule is O=C(CCCCCN1C(=O)[C@@H]2Cc3ccccc3CN2C1=O)NCc1ccc(F)cc1. The molecule has 1 N–H and O–H groups in total. The highest BCUT2D eigenvalue weighted by molar-refractivity contribution is 6.04. The van der Waals surface area contributed by atoms with Gasteiger partial charge in [-0.15, -0.1) is 0 Å². The van der Waals surface area contributed by atoms with E-state index in [4.69, 9.17) is 0 Å². The van der Waals surface area contributed by atoms with Crippen LogP contribution in [0.25, 0.3) is 0 Å². The number of imide groups is 1. The molecule has 0 unspecified atom stereocenters. The first-order valence-corrected chi connectivity index (χ1v) is 10.7. The molecule has 6 nitrogen and oxygen atoms in total. The van der Waals surface area contributed by atoms with E-state index < -0.39 is 0 Å². The highest BCUT2D eigenvalue weighted by atomic mass is 19.1. The number of carbonyl (C=O) groups is 3. The second kappa shape index (κ2) is 9.29. The van der Waals surface area contributed by atoms with E-state index in [0.29, 0.717) is 45.3 Å². The molecule has 1 fully saturated rings. The zero-order chi connectivity index (χ0) is 21.8. The zero-order valence-corrected chi connectivity index (χ0v) is 17.4. The Bertz CT molecular complexity index is 933. The molecule has 2 aliphatic heterocycles. The Morgan fingerprint density at radius 3 is 2.52 bits per heavy atom. The summed E-state index contributed by atoms with van der Waals surface area (Å²) < 4.78 is 12.9. The first-order chi connectivity index (χ1) is 15.0. The fourth-order valence-electron chi connectivity index (χ4n) is 4.20. The molecule has 0 aliphatic carbocycles. The van der Waals surface area contributed by atoms with Crippen molar-refractivity contribution in [3.8, 4) is 0 Å². The van der Waals surface area contributed by atoms with Gasteiger partial charge >= 0.3 is 6.03 Å². The number of carbonyl (C=O) groups excluding carboxylic acids is 3. The number of fused-ring (bicyclic) bond motifs is 2. The molecule has 31 heavy (non-hydrogen) atoms. The lowest BCUT2D eigenvalue weighted by Crippen LogP contribution is -2.39. The van der Waals surface area contributed by atoms with Crippen LogP contribution in [-0.2, 0) is 29.1 Å². The normalized spacial score (nSPS) is 17.5. The van der Waals surface area contributed by atoms with Crippen LogP contribution in [0.5, 0.6) is 0 Å². The molecule has 0 saturated carbocycles. The number of nitrogens with zero attached hydrogens (tertiary/aromatic N) is 2. The summed E-state index contributed by atoms with van der Waals surface area (Å²) in [6, 6.07) is 13.4. The van der Waals surface area contributed by atoms with Gasteiger partial charge in [0.15, 0.2) is 0 Å². The van der Waals surface area contributed by atoms with Gasteiger partial charge in [-0.3, -0.25) is 14.5 Å². The largest absolute Gasteiger partial charge is 0.352 e. The molecule has 162 valence electrons. The van der Waals surface area contributed by atoms with E-state index in [-0.39, 0.29) is 29.7 Å². The minimum absolute atomic E-state index is 0.0625. The summed E-state index contributed by atoms with van der Waals surface area (Å²) in [7, 11) is 0. The van der Waals surface area contributed by atoms with Gasteiger partial charge in [0.2, 0.25) is 5.91 Å². The zero-order valence-electron chi connectivity index (χ0n) is 17.4. The molecule has 7 heteroatoms. The Hall–Kier alpha value is -3.22. The number of halogens is 1. The molecule has 0 spiro atoms. The first-order valence-electron chi connectivity index (χ1n) is 10.7. The molecule has 1 atom stereocenters. The van der Waals surface area contributed by atoms with Gasteiger partial charge < -0.3 is 10.2 Å². The number of rotatable bonds is 8. The topological polar surface area (TPSA) is 69.7 Å². The predicted molar refractivity (Wildman–Crippen MR) is 113 cm³/mol. The van der Waals surface area contributed by atoms with Crippen molar-refractivity contribution in [2.24, 2.45) is 0 Å². The van der Waals surface area contributed by atoms with Gasteiger partial charge in [0, 0.05) is 32.5 Å². The standard InChI is InChI=1S/C24H26FN3O3/c25-20-11-9-17(10-12-20)15-26-22(29)8-2-1-5-13-27-23(30)21-14-18-6-3-4-7-19(18)16-28(21)24(27)31/h3-4,6-7,9-12,21H,1-2,5,8,13-16H2,(H,26,29)/t21-/m0/s1. The highest BCUT2D eigenvalue weighted by Gasteiger charge is 2.46. The molecular formula is C24H26FN3O3. The number of amides is 4. The van der Waals surface area contributed by atoms with Crippen LogP contribution >= 0.6 is 0 Å². The van der Waals surface area contributed by atoms with Crippen LogP contribution in [-0.4, -0.2) is 40.2 Å². The van der Waals surface area contributed by atoms with Crippen molar-refractivity contribution >= 4 is 17.8 Å². The minimum atomic E-state index is -0.389. The summed E-state index contributed by atoms with van der Waals surface area (Å²) in [5, 5.41) is 2.82. The van der Waals surface area contributed by atoms with Crippen molar-refractivity contribution in [3.63, 3.8) is 0 Å². The van der Waals surface area contributed by atoms with Crippen LogP contribution in [0.2, 0.25) is 0 Å². The third-order valence-corrected chi connectivity index (χ3v) is 5.96. The summed E-state index contributed by atoms with van der Waals surface area (Å²) >= 11 is 0. The monoisotopic (exact) mass is 423 g/mol. The van der Waals surface area contributed by atoms with Gasteiger partial charge in [0.1, 0.15) is 11.9 Å². The summed E-state index contributed by atoms with van der Waals surface area (Å²) in [4.78, 5) is 40.5. The molecule has 2 aromatic carbocycles. The number of hydrogen-bond donors (Lipinski definition) is 1. The summed E-state index contributed by atoms with van der Waals surface area (Å²) in [5.41, 5.74) is 3.09. The molecular weight excluding hydrogens is 397 g/mol. The molecule has 2 aromatic rings. The van der Waals surface area contributed by atoms with Crippen molar-refractivity contribution in [1.29, 1.82) is 0 Å². The molecule has 1 saturated heterocycles. The van der Waals surface area contributed by atoms with E-state index in [1.165, 1.54) is 17.0 Å². The van der Waals surface area contributed by atoms with Gasteiger partial charge in [-0.05, 0) is 41.7 Å². The first kappa shape index (κ1) is 21.0. The van der Waals surface area contributed by atoms with Crippen molar-refractivity contribution in [2.75, 3.05) is 6.54 Å². The molecule has 0 bridgehead atoms. The molecule has 4 amide bonds. The predicted octanol–water partition coefficient (Wildman–Crippen LogP) is 3.39. The second-order valence-electron chi connectivity index (χ2n) is 8.10. The lowest BCUT2D eigenvalue weighted by molar-refractivity contribution is -0.128. The van der Waals surface area contributed by atoms with Gasteiger partial charge in [-0.1, -0.05) is 42.8 Å². The third kappa shape index (κ3) is 4.76. The summed E-state index contributed by atoms with van der Waals surface area (Å²) in [6.45, 7) is 1.24. The van der Waals surface area contributed by atoms with Crippen LogP contribution < -0.4 is 5.32 Å². The second-order valence-corrected chi connectivity index (χ2v) is 8.10. The highest BCUT2D eigenvalue weighted by Crippen LogP contribution is 2.30. The quantitative estimate of drug-likeness (QED) is 0.523. The number of unbranched alkanes of at least 4 members (excludes halogenated alkanes) is 2. The summed E-state index contributed by atoms with van der Waals surface area (Å²) in [6.07, 6.45) is 3.07. The Balaban J connectivity index is 1.17. The maximum absolute atomic E-state index is 12.9. The average Bonchev–Trinajstić information content (AvgIpc) is 3.01. The molecule has 2 heterocycles.